The van der Waals surface area contributed by atoms with Gasteiger partial charge in [-0.2, -0.15) is 10.4 Å². The van der Waals surface area contributed by atoms with Gasteiger partial charge in [0.15, 0.2) is 5.82 Å². The van der Waals surface area contributed by atoms with Gasteiger partial charge in [0, 0.05) is 19.3 Å². The number of nitrogens with zero attached hydrogens (tertiary/aromatic N) is 3. The lowest BCUT2D eigenvalue weighted by Gasteiger charge is -2.23. The third-order valence-electron chi connectivity index (χ3n) is 4.31. The van der Waals surface area contributed by atoms with Gasteiger partial charge in [0.25, 0.3) is 0 Å². The standard InChI is InChI=1S/C14H21N5O/c1-9(10-2-3-10)19-13(16)12(8-15)14(18-19)17-11-4-6-20-7-5-11/h9-11H,2-7,16H2,1H3,(H,17,18). The molecule has 0 bridgehead atoms. The summed E-state index contributed by atoms with van der Waals surface area (Å²) >= 11 is 0. The van der Waals surface area contributed by atoms with Gasteiger partial charge in [0.2, 0.25) is 0 Å². The maximum absolute atomic E-state index is 9.33. The van der Waals surface area contributed by atoms with Gasteiger partial charge in [-0.3, -0.25) is 0 Å². The number of anilines is 2. The van der Waals surface area contributed by atoms with Crippen LogP contribution < -0.4 is 11.1 Å². The molecule has 1 unspecified atom stereocenters. The van der Waals surface area contributed by atoms with Crippen LogP contribution in [-0.4, -0.2) is 29.0 Å². The fourth-order valence-electron chi connectivity index (χ4n) is 2.78. The van der Waals surface area contributed by atoms with Crippen molar-refractivity contribution in [3.05, 3.63) is 5.56 Å². The van der Waals surface area contributed by atoms with E-state index in [9.17, 15) is 5.26 Å². The molecule has 2 aliphatic rings. The number of hydrogen-bond acceptors (Lipinski definition) is 5. The topological polar surface area (TPSA) is 88.9 Å². The number of nitrogen functional groups attached to an aromatic ring is 1. The molecule has 108 valence electrons. The van der Waals surface area contributed by atoms with Crippen LogP contribution in [0.1, 0.15) is 44.2 Å². The fourth-order valence-corrected chi connectivity index (χ4v) is 2.78. The van der Waals surface area contributed by atoms with Crippen molar-refractivity contribution in [2.45, 2.75) is 44.7 Å². The Morgan fingerprint density at radius 1 is 1.40 bits per heavy atom. The number of hydrogen-bond donors (Lipinski definition) is 2. The molecule has 0 radical (unpaired) electrons. The summed E-state index contributed by atoms with van der Waals surface area (Å²) in [4.78, 5) is 0. The van der Waals surface area contributed by atoms with Crippen LogP contribution in [0.25, 0.3) is 0 Å². The van der Waals surface area contributed by atoms with Crippen LogP contribution in [0.15, 0.2) is 0 Å². The van der Waals surface area contributed by atoms with Gasteiger partial charge in [-0.05, 0) is 38.5 Å². The second-order valence-electron chi connectivity index (χ2n) is 5.77. The van der Waals surface area contributed by atoms with E-state index in [1.807, 2.05) is 4.68 Å². The molecule has 0 spiro atoms. The van der Waals surface area contributed by atoms with Crippen molar-refractivity contribution in [2.75, 3.05) is 24.3 Å². The molecule has 6 heteroatoms. The van der Waals surface area contributed by atoms with E-state index in [2.05, 4.69) is 23.4 Å². The zero-order valence-corrected chi connectivity index (χ0v) is 11.8. The monoisotopic (exact) mass is 275 g/mol. The summed E-state index contributed by atoms with van der Waals surface area (Å²) in [5.74, 6) is 1.77. The number of nitriles is 1. The summed E-state index contributed by atoms with van der Waals surface area (Å²) in [7, 11) is 0. The molecule has 1 aromatic heterocycles. The van der Waals surface area contributed by atoms with Crippen LogP contribution in [-0.2, 0) is 4.74 Å². The average molecular weight is 275 g/mol. The molecule has 2 heterocycles. The van der Waals surface area contributed by atoms with Crippen LogP contribution in [0.3, 0.4) is 0 Å². The van der Waals surface area contributed by atoms with E-state index in [4.69, 9.17) is 10.5 Å². The maximum atomic E-state index is 9.33. The van der Waals surface area contributed by atoms with Gasteiger partial charge in [-0.15, -0.1) is 0 Å². The highest BCUT2D eigenvalue weighted by Crippen LogP contribution is 2.41. The molecule has 0 aromatic carbocycles. The predicted octanol–water partition coefficient (Wildman–Crippen LogP) is 1.90. The second-order valence-corrected chi connectivity index (χ2v) is 5.77. The van der Waals surface area contributed by atoms with Crippen molar-refractivity contribution in [3.63, 3.8) is 0 Å². The van der Waals surface area contributed by atoms with Crippen molar-refractivity contribution in [1.29, 1.82) is 5.26 Å². The average Bonchev–Trinajstić information content (AvgIpc) is 3.25. The van der Waals surface area contributed by atoms with Gasteiger partial charge in [0.1, 0.15) is 17.5 Å². The first-order chi connectivity index (χ1) is 9.70. The Balaban J connectivity index is 1.82. The normalized spacial score (nSPS) is 21.4. The highest BCUT2D eigenvalue weighted by Gasteiger charge is 2.32. The van der Waals surface area contributed by atoms with Crippen molar-refractivity contribution in [2.24, 2.45) is 5.92 Å². The van der Waals surface area contributed by atoms with E-state index >= 15 is 0 Å². The second kappa shape index (κ2) is 5.33. The summed E-state index contributed by atoms with van der Waals surface area (Å²) in [5.41, 5.74) is 6.58. The highest BCUT2D eigenvalue weighted by atomic mass is 16.5. The molecule has 1 saturated carbocycles. The highest BCUT2D eigenvalue weighted by molar-refractivity contribution is 5.64. The summed E-state index contributed by atoms with van der Waals surface area (Å²) in [6, 6.07) is 2.77. The lowest BCUT2D eigenvalue weighted by atomic mass is 10.1. The largest absolute Gasteiger partial charge is 0.383 e. The number of nitrogens with two attached hydrogens (primary N) is 1. The first-order valence-corrected chi connectivity index (χ1v) is 7.33. The first kappa shape index (κ1) is 13.3. The van der Waals surface area contributed by atoms with Crippen LogP contribution in [0.5, 0.6) is 0 Å². The molecule has 20 heavy (non-hydrogen) atoms. The lowest BCUT2D eigenvalue weighted by molar-refractivity contribution is 0.0903. The van der Waals surface area contributed by atoms with Crippen molar-refractivity contribution in [3.8, 4) is 6.07 Å². The Morgan fingerprint density at radius 2 is 2.10 bits per heavy atom. The summed E-state index contributed by atoms with van der Waals surface area (Å²) in [6.45, 7) is 3.64. The van der Waals surface area contributed by atoms with Gasteiger partial charge in [-0.1, -0.05) is 0 Å². The van der Waals surface area contributed by atoms with Crippen LogP contribution >= 0.6 is 0 Å². The van der Waals surface area contributed by atoms with E-state index < -0.39 is 0 Å². The molecule has 1 aromatic rings. The Morgan fingerprint density at radius 3 is 2.70 bits per heavy atom. The number of rotatable bonds is 4. The Bertz CT molecular complexity index is 522. The Labute approximate surface area is 118 Å². The minimum atomic E-state index is 0.271. The minimum absolute atomic E-state index is 0.271. The Hall–Kier alpha value is -1.74. The van der Waals surface area contributed by atoms with Crippen LogP contribution in [0.2, 0.25) is 0 Å². The SMILES string of the molecule is CC(C1CC1)n1nc(NC2CCOCC2)c(C#N)c1N. The lowest BCUT2D eigenvalue weighted by Crippen LogP contribution is -2.28. The zero-order chi connectivity index (χ0) is 14.1. The van der Waals surface area contributed by atoms with E-state index in [1.165, 1.54) is 12.8 Å². The van der Waals surface area contributed by atoms with E-state index in [0.29, 0.717) is 29.2 Å². The van der Waals surface area contributed by atoms with E-state index in [-0.39, 0.29) is 6.04 Å². The fraction of sp³-hybridized carbons (Fsp3) is 0.714. The van der Waals surface area contributed by atoms with Crippen LogP contribution in [0, 0.1) is 17.2 Å². The molecular formula is C14H21N5O. The van der Waals surface area contributed by atoms with E-state index in [1.54, 1.807) is 0 Å². The number of nitrogens with one attached hydrogen (secondary N) is 1. The Kier molecular flexibility index (Phi) is 3.53. The van der Waals surface area contributed by atoms with Crippen molar-refractivity contribution >= 4 is 11.6 Å². The number of aromatic nitrogens is 2. The smallest absolute Gasteiger partial charge is 0.168 e. The van der Waals surface area contributed by atoms with Gasteiger partial charge < -0.3 is 15.8 Å². The molecule has 1 saturated heterocycles. The third kappa shape index (κ3) is 2.46. The summed E-state index contributed by atoms with van der Waals surface area (Å²) in [5, 5.41) is 17.2. The molecule has 3 N–H and O–H groups in total. The van der Waals surface area contributed by atoms with Gasteiger partial charge in [-0.25, -0.2) is 4.68 Å². The third-order valence-corrected chi connectivity index (χ3v) is 4.31. The molecule has 2 fully saturated rings. The van der Waals surface area contributed by atoms with Crippen molar-refractivity contribution in [1.82, 2.24) is 9.78 Å². The van der Waals surface area contributed by atoms with E-state index in [0.717, 1.165) is 26.1 Å². The maximum Gasteiger partial charge on any atom is 0.168 e. The van der Waals surface area contributed by atoms with Gasteiger partial charge in [0.05, 0.1) is 6.04 Å². The molecule has 3 rings (SSSR count). The number of ether oxygens (including phenoxy) is 1. The minimum Gasteiger partial charge on any atom is -0.383 e. The molecule has 1 aliphatic carbocycles. The predicted molar refractivity (Wildman–Crippen MR) is 76.3 cm³/mol. The first-order valence-electron chi connectivity index (χ1n) is 7.33. The molecule has 0 amide bonds. The van der Waals surface area contributed by atoms with Crippen LogP contribution in [0.4, 0.5) is 11.6 Å². The van der Waals surface area contributed by atoms with Crippen molar-refractivity contribution < 1.29 is 4.74 Å². The molecular weight excluding hydrogens is 254 g/mol. The quantitative estimate of drug-likeness (QED) is 0.876. The molecule has 1 atom stereocenters. The molecule has 6 nitrogen and oxygen atoms in total. The molecule has 1 aliphatic heterocycles. The summed E-state index contributed by atoms with van der Waals surface area (Å²) < 4.78 is 7.16. The van der Waals surface area contributed by atoms with Gasteiger partial charge >= 0.3 is 0 Å². The zero-order valence-electron chi connectivity index (χ0n) is 11.8. The summed E-state index contributed by atoms with van der Waals surface area (Å²) in [6.07, 6.45) is 4.34.